The summed E-state index contributed by atoms with van der Waals surface area (Å²) >= 11 is 0. The molecule has 0 saturated carbocycles. The average molecular weight is 286 g/mol. The minimum absolute atomic E-state index is 0.171. The molecule has 0 saturated heterocycles. The van der Waals surface area contributed by atoms with Gasteiger partial charge in [-0.1, -0.05) is 6.92 Å². The van der Waals surface area contributed by atoms with Gasteiger partial charge in [0, 0.05) is 12.7 Å². The Balaban J connectivity index is 2.10. The lowest BCUT2D eigenvalue weighted by molar-refractivity contribution is 0.0995. The molecule has 9 heteroatoms. The van der Waals surface area contributed by atoms with Gasteiger partial charge in [-0.25, -0.2) is 9.67 Å². The number of nitrogens with two attached hydrogens (primary N) is 1. The maximum Gasteiger partial charge on any atom is 0.269 e. The fraction of sp³-hybridized carbons (Fsp3) is 0.250. The first-order valence-electron chi connectivity index (χ1n) is 6.50. The Hall–Kier alpha value is -2.97. The van der Waals surface area contributed by atoms with Crippen LogP contribution in [0.4, 0.5) is 5.95 Å². The van der Waals surface area contributed by atoms with Crippen molar-refractivity contribution >= 4 is 23.0 Å². The third kappa shape index (κ3) is 2.40. The van der Waals surface area contributed by atoms with E-state index >= 15 is 0 Å². The standard InChI is InChI=1S/C12H14N8O/c1-2-4-14-12-17-10-8(15-6-16-10)11(18-12)20-5-3-7(19-20)9(13)21/h3,5-6H,2,4H2,1H3,(H2,13,21)(H2,14,15,16,17,18). The number of carbonyl (C=O) groups excluding carboxylic acids is 1. The van der Waals surface area contributed by atoms with E-state index in [0.717, 1.165) is 13.0 Å². The van der Waals surface area contributed by atoms with Crippen molar-refractivity contribution in [1.82, 2.24) is 29.7 Å². The molecule has 4 N–H and O–H groups in total. The molecular weight excluding hydrogens is 272 g/mol. The van der Waals surface area contributed by atoms with Gasteiger partial charge < -0.3 is 16.0 Å². The molecule has 0 atom stereocenters. The van der Waals surface area contributed by atoms with Crippen LogP contribution in [0.1, 0.15) is 23.8 Å². The van der Waals surface area contributed by atoms with Gasteiger partial charge in [-0.2, -0.15) is 15.1 Å². The van der Waals surface area contributed by atoms with Crippen molar-refractivity contribution in [2.75, 3.05) is 11.9 Å². The Morgan fingerprint density at radius 2 is 2.33 bits per heavy atom. The van der Waals surface area contributed by atoms with Gasteiger partial charge in [-0.05, 0) is 12.5 Å². The van der Waals surface area contributed by atoms with E-state index in [1.165, 1.54) is 17.1 Å². The van der Waals surface area contributed by atoms with E-state index < -0.39 is 5.91 Å². The molecular formula is C12H14N8O. The minimum atomic E-state index is -0.590. The van der Waals surface area contributed by atoms with Gasteiger partial charge in [-0.15, -0.1) is 0 Å². The Morgan fingerprint density at radius 1 is 1.48 bits per heavy atom. The van der Waals surface area contributed by atoms with Gasteiger partial charge in [0.25, 0.3) is 5.91 Å². The molecule has 1 amide bonds. The fourth-order valence-electron chi connectivity index (χ4n) is 1.87. The van der Waals surface area contributed by atoms with Crippen LogP contribution >= 0.6 is 0 Å². The second-order valence-electron chi connectivity index (χ2n) is 4.41. The van der Waals surface area contributed by atoms with E-state index in [0.29, 0.717) is 22.9 Å². The molecule has 0 aliphatic rings. The zero-order valence-corrected chi connectivity index (χ0v) is 11.4. The lowest BCUT2D eigenvalue weighted by Crippen LogP contribution is -2.13. The predicted octanol–water partition coefficient (Wildman–Crippen LogP) is 0.459. The van der Waals surface area contributed by atoms with Gasteiger partial charge in [0.2, 0.25) is 5.95 Å². The molecule has 21 heavy (non-hydrogen) atoms. The highest BCUT2D eigenvalue weighted by Crippen LogP contribution is 2.17. The predicted molar refractivity (Wildman–Crippen MR) is 76.1 cm³/mol. The number of hydrogen-bond donors (Lipinski definition) is 3. The van der Waals surface area contributed by atoms with Crippen molar-refractivity contribution in [3.63, 3.8) is 0 Å². The molecule has 108 valence electrons. The van der Waals surface area contributed by atoms with E-state index in [9.17, 15) is 4.79 Å². The summed E-state index contributed by atoms with van der Waals surface area (Å²) in [5.41, 5.74) is 6.54. The van der Waals surface area contributed by atoms with E-state index in [1.54, 1.807) is 6.20 Å². The number of imidazole rings is 1. The molecule has 0 aliphatic carbocycles. The van der Waals surface area contributed by atoms with Crippen LogP contribution in [0, 0.1) is 0 Å². The largest absolute Gasteiger partial charge is 0.364 e. The number of fused-ring (bicyclic) bond motifs is 1. The van der Waals surface area contributed by atoms with Gasteiger partial charge in [0.05, 0.1) is 6.33 Å². The van der Waals surface area contributed by atoms with E-state index in [4.69, 9.17) is 5.73 Å². The first-order chi connectivity index (χ1) is 10.2. The van der Waals surface area contributed by atoms with Crippen LogP contribution < -0.4 is 11.1 Å². The zero-order chi connectivity index (χ0) is 14.8. The van der Waals surface area contributed by atoms with Crippen LogP contribution in [0.15, 0.2) is 18.6 Å². The molecule has 0 spiro atoms. The highest BCUT2D eigenvalue weighted by Gasteiger charge is 2.14. The van der Waals surface area contributed by atoms with Crippen LogP contribution in [-0.4, -0.2) is 42.2 Å². The van der Waals surface area contributed by atoms with Crippen LogP contribution in [0.5, 0.6) is 0 Å². The first kappa shape index (κ1) is 13.0. The Kier molecular flexibility index (Phi) is 3.22. The van der Waals surface area contributed by atoms with Crippen molar-refractivity contribution in [2.24, 2.45) is 5.73 Å². The molecule has 9 nitrogen and oxygen atoms in total. The lowest BCUT2D eigenvalue weighted by atomic mass is 10.4. The van der Waals surface area contributed by atoms with Crippen molar-refractivity contribution in [3.05, 3.63) is 24.3 Å². The van der Waals surface area contributed by atoms with Crippen LogP contribution in [-0.2, 0) is 0 Å². The molecule has 0 radical (unpaired) electrons. The van der Waals surface area contributed by atoms with Crippen molar-refractivity contribution in [2.45, 2.75) is 13.3 Å². The van der Waals surface area contributed by atoms with Gasteiger partial charge in [0.15, 0.2) is 11.5 Å². The van der Waals surface area contributed by atoms with Crippen molar-refractivity contribution in [1.29, 1.82) is 0 Å². The third-order valence-electron chi connectivity index (χ3n) is 2.86. The average Bonchev–Trinajstić information content (AvgIpc) is 3.12. The Labute approximate surface area is 119 Å². The summed E-state index contributed by atoms with van der Waals surface area (Å²) in [5.74, 6) is 0.374. The van der Waals surface area contributed by atoms with E-state index in [1.807, 2.05) is 6.92 Å². The summed E-state index contributed by atoms with van der Waals surface area (Å²) in [4.78, 5) is 27.0. The molecule has 0 aromatic carbocycles. The number of nitrogens with zero attached hydrogens (tertiary/aromatic N) is 5. The van der Waals surface area contributed by atoms with Gasteiger partial charge in [-0.3, -0.25) is 4.79 Å². The maximum absolute atomic E-state index is 11.1. The van der Waals surface area contributed by atoms with Gasteiger partial charge in [0.1, 0.15) is 11.2 Å². The minimum Gasteiger partial charge on any atom is -0.364 e. The Morgan fingerprint density at radius 3 is 3.05 bits per heavy atom. The third-order valence-corrected chi connectivity index (χ3v) is 2.86. The summed E-state index contributed by atoms with van der Waals surface area (Å²) in [6.45, 7) is 2.80. The molecule has 0 bridgehead atoms. The van der Waals surface area contributed by atoms with Gasteiger partial charge >= 0.3 is 0 Å². The summed E-state index contributed by atoms with van der Waals surface area (Å²) in [6.07, 6.45) is 4.10. The van der Waals surface area contributed by atoms with Crippen molar-refractivity contribution in [3.8, 4) is 5.82 Å². The number of anilines is 1. The molecule has 3 aromatic rings. The number of hydrogen-bond acceptors (Lipinski definition) is 6. The number of aromatic nitrogens is 6. The summed E-state index contributed by atoms with van der Waals surface area (Å²) in [7, 11) is 0. The Bertz CT molecular complexity index is 790. The first-order valence-corrected chi connectivity index (χ1v) is 6.50. The number of H-pyrrole nitrogens is 1. The van der Waals surface area contributed by atoms with E-state index in [-0.39, 0.29) is 5.69 Å². The second kappa shape index (κ2) is 5.19. The number of primary amides is 1. The summed E-state index contributed by atoms with van der Waals surface area (Å²) < 4.78 is 1.47. The molecule has 0 fully saturated rings. The van der Waals surface area contributed by atoms with Crippen molar-refractivity contribution < 1.29 is 4.79 Å². The smallest absolute Gasteiger partial charge is 0.269 e. The molecule has 3 aromatic heterocycles. The highest BCUT2D eigenvalue weighted by molar-refractivity contribution is 5.90. The number of amides is 1. The lowest BCUT2D eigenvalue weighted by Gasteiger charge is -2.06. The number of rotatable bonds is 5. The normalized spacial score (nSPS) is 10.9. The highest BCUT2D eigenvalue weighted by atomic mass is 16.1. The van der Waals surface area contributed by atoms with Crippen LogP contribution in [0.25, 0.3) is 17.0 Å². The quantitative estimate of drug-likeness (QED) is 0.625. The fourth-order valence-corrected chi connectivity index (χ4v) is 1.87. The topological polar surface area (TPSA) is 127 Å². The maximum atomic E-state index is 11.1. The number of carbonyl (C=O) groups is 1. The van der Waals surface area contributed by atoms with E-state index in [2.05, 4.69) is 30.4 Å². The van der Waals surface area contributed by atoms with Crippen LogP contribution in [0.2, 0.25) is 0 Å². The second-order valence-corrected chi connectivity index (χ2v) is 4.41. The molecule has 0 unspecified atom stereocenters. The molecule has 0 aliphatic heterocycles. The summed E-state index contributed by atoms with van der Waals surface area (Å²) in [5, 5.41) is 7.21. The number of nitrogens with one attached hydrogen (secondary N) is 2. The zero-order valence-electron chi connectivity index (χ0n) is 11.4. The number of aromatic amines is 1. The molecule has 3 rings (SSSR count). The summed E-state index contributed by atoms with van der Waals surface area (Å²) in [6, 6.07) is 1.53. The van der Waals surface area contributed by atoms with Crippen LogP contribution in [0.3, 0.4) is 0 Å². The SMILES string of the molecule is CCCNc1nc(-n2ccc(C(N)=O)n2)c2[nH]cnc2n1. The molecule has 3 heterocycles. The monoisotopic (exact) mass is 286 g/mol.